The number of aromatic nitrogens is 2. The maximum atomic E-state index is 8.95. The SMILES string of the molecule is COC=O.COc1ccc(Cn2nc(C)cc2Br)cc1. The van der Waals surface area contributed by atoms with E-state index in [1.54, 1.807) is 7.11 Å². The minimum atomic E-state index is 0.375. The van der Waals surface area contributed by atoms with Gasteiger partial charge in [-0.05, 0) is 46.6 Å². The molecule has 0 spiro atoms. The van der Waals surface area contributed by atoms with Crippen LogP contribution in [-0.4, -0.2) is 30.5 Å². The molecular formula is C14H17BrN2O3. The second kappa shape index (κ2) is 8.37. The third kappa shape index (κ3) is 5.05. The molecule has 0 saturated carbocycles. The van der Waals surface area contributed by atoms with Gasteiger partial charge < -0.3 is 9.47 Å². The Balaban J connectivity index is 0.000000444. The predicted octanol–water partition coefficient (Wildman–Crippen LogP) is 2.80. The molecule has 0 amide bonds. The minimum absolute atomic E-state index is 0.375. The molecule has 0 unspecified atom stereocenters. The van der Waals surface area contributed by atoms with Crippen molar-refractivity contribution in [3.63, 3.8) is 0 Å². The van der Waals surface area contributed by atoms with E-state index in [-0.39, 0.29) is 0 Å². The number of hydrogen-bond donors (Lipinski definition) is 0. The van der Waals surface area contributed by atoms with Gasteiger partial charge in [0.1, 0.15) is 10.4 Å². The summed E-state index contributed by atoms with van der Waals surface area (Å²) in [4.78, 5) is 8.95. The van der Waals surface area contributed by atoms with Crippen LogP contribution in [0.1, 0.15) is 11.3 Å². The molecule has 0 atom stereocenters. The lowest BCUT2D eigenvalue weighted by molar-refractivity contribution is -0.126. The minimum Gasteiger partial charge on any atom is -0.497 e. The quantitative estimate of drug-likeness (QED) is 0.803. The fourth-order valence-corrected chi connectivity index (χ4v) is 2.06. The number of aryl methyl sites for hydroxylation is 1. The number of carbonyl (C=O) groups excluding carboxylic acids is 1. The monoisotopic (exact) mass is 340 g/mol. The molecule has 2 rings (SSSR count). The molecule has 20 heavy (non-hydrogen) atoms. The van der Waals surface area contributed by atoms with Gasteiger partial charge in [0.25, 0.3) is 6.47 Å². The van der Waals surface area contributed by atoms with E-state index in [9.17, 15) is 0 Å². The van der Waals surface area contributed by atoms with Crippen LogP contribution in [0.15, 0.2) is 34.9 Å². The highest BCUT2D eigenvalue weighted by molar-refractivity contribution is 9.10. The second-order valence-electron chi connectivity index (χ2n) is 3.95. The lowest BCUT2D eigenvalue weighted by atomic mass is 10.2. The van der Waals surface area contributed by atoms with Gasteiger partial charge in [0.05, 0.1) is 26.5 Å². The number of benzene rings is 1. The van der Waals surface area contributed by atoms with E-state index in [4.69, 9.17) is 9.53 Å². The van der Waals surface area contributed by atoms with Crippen molar-refractivity contribution in [2.45, 2.75) is 13.5 Å². The van der Waals surface area contributed by atoms with Gasteiger partial charge in [-0.2, -0.15) is 5.10 Å². The number of ether oxygens (including phenoxy) is 2. The number of hydrogen-bond acceptors (Lipinski definition) is 4. The smallest absolute Gasteiger partial charge is 0.292 e. The summed E-state index contributed by atoms with van der Waals surface area (Å²) in [5, 5.41) is 4.39. The Labute approximate surface area is 126 Å². The molecule has 1 aromatic carbocycles. The van der Waals surface area contributed by atoms with E-state index in [1.165, 1.54) is 12.7 Å². The second-order valence-corrected chi connectivity index (χ2v) is 4.76. The number of carbonyl (C=O) groups is 1. The molecule has 0 aliphatic heterocycles. The lowest BCUT2D eigenvalue weighted by Crippen LogP contribution is -2.02. The van der Waals surface area contributed by atoms with E-state index >= 15 is 0 Å². The van der Waals surface area contributed by atoms with Crippen LogP contribution in [0.2, 0.25) is 0 Å². The standard InChI is InChI=1S/C12H13BrN2O.C2H4O2/c1-9-7-12(13)15(14-9)8-10-3-5-11(16-2)6-4-10;1-4-2-3/h3-7H,8H2,1-2H3;2H,1H3. The van der Waals surface area contributed by atoms with Crippen molar-refractivity contribution in [2.75, 3.05) is 14.2 Å². The van der Waals surface area contributed by atoms with E-state index in [1.807, 2.05) is 41.9 Å². The molecule has 6 heteroatoms. The van der Waals surface area contributed by atoms with Crippen molar-refractivity contribution < 1.29 is 14.3 Å². The largest absolute Gasteiger partial charge is 0.497 e. The van der Waals surface area contributed by atoms with Gasteiger partial charge >= 0.3 is 0 Å². The Morgan fingerprint density at radius 1 is 1.30 bits per heavy atom. The topological polar surface area (TPSA) is 53.4 Å². The third-order valence-corrected chi connectivity index (χ3v) is 3.08. The summed E-state index contributed by atoms with van der Waals surface area (Å²) in [5.41, 5.74) is 2.21. The first-order valence-electron chi connectivity index (χ1n) is 5.90. The van der Waals surface area contributed by atoms with Gasteiger partial charge in [0.2, 0.25) is 0 Å². The van der Waals surface area contributed by atoms with Crippen molar-refractivity contribution in [2.24, 2.45) is 0 Å². The summed E-state index contributed by atoms with van der Waals surface area (Å²) in [7, 11) is 2.98. The van der Waals surface area contributed by atoms with Crippen LogP contribution in [0.5, 0.6) is 5.75 Å². The predicted molar refractivity (Wildman–Crippen MR) is 79.8 cm³/mol. The molecule has 2 aromatic rings. The van der Waals surface area contributed by atoms with Crippen LogP contribution in [0.25, 0.3) is 0 Å². The first kappa shape index (κ1) is 16.2. The molecule has 0 saturated heterocycles. The van der Waals surface area contributed by atoms with E-state index < -0.39 is 0 Å². The molecule has 0 aliphatic rings. The Morgan fingerprint density at radius 3 is 2.30 bits per heavy atom. The summed E-state index contributed by atoms with van der Waals surface area (Å²) in [6.07, 6.45) is 0. The summed E-state index contributed by atoms with van der Waals surface area (Å²) < 4.78 is 11.9. The highest BCUT2D eigenvalue weighted by Gasteiger charge is 2.03. The van der Waals surface area contributed by atoms with Crippen molar-refractivity contribution in [1.29, 1.82) is 0 Å². The molecule has 108 valence electrons. The summed E-state index contributed by atoms with van der Waals surface area (Å²) in [6.45, 7) is 3.12. The Hall–Kier alpha value is -1.82. The summed E-state index contributed by atoms with van der Waals surface area (Å²) >= 11 is 3.48. The zero-order chi connectivity index (χ0) is 15.0. The number of rotatable bonds is 4. The molecule has 0 bridgehead atoms. The van der Waals surface area contributed by atoms with Crippen LogP contribution in [0.3, 0.4) is 0 Å². The fourth-order valence-electron chi connectivity index (χ4n) is 1.53. The van der Waals surface area contributed by atoms with Crippen LogP contribution in [0.4, 0.5) is 0 Å². The van der Waals surface area contributed by atoms with Crippen molar-refractivity contribution in [3.8, 4) is 5.75 Å². The summed E-state index contributed by atoms with van der Waals surface area (Å²) in [6, 6.07) is 10.0. The maximum Gasteiger partial charge on any atom is 0.292 e. The highest BCUT2D eigenvalue weighted by Crippen LogP contribution is 2.16. The van der Waals surface area contributed by atoms with Gasteiger partial charge in [-0.15, -0.1) is 0 Å². The van der Waals surface area contributed by atoms with Gasteiger partial charge in [-0.3, -0.25) is 9.48 Å². The molecule has 0 N–H and O–H groups in total. The van der Waals surface area contributed by atoms with Crippen LogP contribution < -0.4 is 4.74 Å². The molecule has 1 aromatic heterocycles. The Kier molecular flexibility index (Phi) is 6.79. The third-order valence-electron chi connectivity index (χ3n) is 2.44. The molecule has 0 radical (unpaired) electrons. The van der Waals surface area contributed by atoms with Crippen LogP contribution >= 0.6 is 15.9 Å². The van der Waals surface area contributed by atoms with E-state index in [2.05, 4.69) is 25.8 Å². The van der Waals surface area contributed by atoms with Crippen LogP contribution in [0, 0.1) is 6.92 Å². The fraction of sp³-hybridized carbons (Fsp3) is 0.286. The normalized spacial score (nSPS) is 9.40. The average molecular weight is 341 g/mol. The molecular weight excluding hydrogens is 324 g/mol. The molecule has 0 fully saturated rings. The number of methoxy groups -OCH3 is 2. The number of nitrogens with zero attached hydrogens (tertiary/aromatic N) is 2. The van der Waals surface area contributed by atoms with Gasteiger partial charge in [0, 0.05) is 0 Å². The zero-order valence-electron chi connectivity index (χ0n) is 11.7. The van der Waals surface area contributed by atoms with Crippen LogP contribution in [-0.2, 0) is 16.1 Å². The Bertz CT molecular complexity index is 538. The maximum absolute atomic E-state index is 8.95. The van der Waals surface area contributed by atoms with Crippen molar-refractivity contribution >= 4 is 22.4 Å². The van der Waals surface area contributed by atoms with Gasteiger partial charge in [-0.1, -0.05) is 12.1 Å². The van der Waals surface area contributed by atoms with E-state index in [0.717, 1.165) is 22.6 Å². The van der Waals surface area contributed by atoms with Crippen molar-refractivity contribution in [1.82, 2.24) is 9.78 Å². The Morgan fingerprint density at radius 2 is 1.90 bits per heavy atom. The van der Waals surface area contributed by atoms with Gasteiger partial charge in [0.15, 0.2) is 0 Å². The van der Waals surface area contributed by atoms with Crippen molar-refractivity contribution in [3.05, 3.63) is 46.2 Å². The van der Waals surface area contributed by atoms with E-state index in [0.29, 0.717) is 6.47 Å². The first-order chi connectivity index (χ1) is 9.60. The van der Waals surface area contributed by atoms with Gasteiger partial charge in [-0.25, -0.2) is 0 Å². The average Bonchev–Trinajstić information content (AvgIpc) is 2.78. The molecule has 5 nitrogen and oxygen atoms in total. The summed E-state index contributed by atoms with van der Waals surface area (Å²) in [5.74, 6) is 0.875. The molecule has 0 aliphatic carbocycles. The lowest BCUT2D eigenvalue weighted by Gasteiger charge is -2.05. The molecule has 1 heterocycles. The first-order valence-corrected chi connectivity index (χ1v) is 6.69. The highest BCUT2D eigenvalue weighted by atomic mass is 79.9. The number of halogens is 1. The zero-order valence-corrected chi connectivity index (χ0v) is 13.3.